The van der Waals surface area contributed by atoms with Gasteiger partial charge in [-0.2, -0.15) is 0 Å². The molecule has 0 atom stereocenters. The van der Waals surface area contributed by atoms with Crippen molar-refractivity contribution in [2.24, 2.45) is 0 Å². The smallest absolute Gasteiger partial charge is 0.145 e. The Morgan fingerprint density at radius 1 is 0.408 bits per heavy atom. The van der Waals surface area contributed by atoms with Crippen molar-refractivity contribution in [3.63, 3.8) is 0 Å². The van der Waals surface area contributed by atoms with Crippen LogP contribution in [-0.2, 0) is 27.1 Å². The molecule has 1 heterocycles. The normalized spacial score (nSPS) is 12.7. The summed E-state index contributed by atoms with van der Waals surface area (Å²) in [5.41, 5.74) is 19.2. The average molecular weight is 962 g/mol. The van der Waals surface area contributed by atoms with E-state index in [0.29, 0.717) is 5.02 Å². The minimum Gasteiger partial charge on any atom is -0.309 e. The standard InChI is InChI=1S/C66H77ClN4/c1-42-35-43(2)60(44(3)36-42)71-55-26-22-25-54(59(55)68-61(71)45-23-20-19-21-24-45)70(53-38-48(64(10,11)12)37-49(39-53)65(13,14)15)57-41-50(66(16,17)18)40-56(58(57)67)69(51-31-27-46(28-32-51)62(4,5)6)52-33-29-47(30-34-52)63(7,8)9/h19-41H,1-18H3. The van der Waals surface area contributed by atoms with Gasteiger partial charge in [-0.05, 0) is 147 Å². The molecule has 0 amide bonds. The molecule has 0 aliphatic heterocycles. The average Bonchev–Trinajstić information content (AvgIpc) is 3.66. The van der Waals surface area contributed by atoms with Crippen LogP contribution in [0, 0.1) is 20.8 Å². The van der Waals surface area contributed by atoms with E-state index in [0.717, 1.165) is 67.8 Å². The topological polar surface area (TPSA) is 24.3 Å². The van der Waals surface area contributed by atoms with E-state index >= 15 is 0 Å². The molecule has 4 nitrogen and oxygen atoms in total. The van der Waals surface area contributed by atoms with Gasteiger partial charge in [-0.1, -0.05) is 200 Å². The molecule has 0 fully saturated rings. The quantitative estimate of drug-likeness (QED) is 0.152. The van der Waals surface area contributed by atoms with Gasteiger partial charge in [-0.3, -0.25) is 4.57 Å². The van der Waals surface area contributed by atoms with E-state index in [2.05, 4.69) is 279 Å². The van der Waals surface area contributed by atoms with Crippen LogP contribution >= 0.6 is 11.6 Å². The predicted molar refractivity (Wildman–Crippen MR) is 309 cm³/mol. The lowest BCUT2D eigenvalue weighted by Gasteiger charge is -2.35. The molecule has 0 saturated carbocycles. The molecule has 0 unspecified atom stereocenters. The highest BCUT2D eigenvalue weighted by molar-refractivity contribution is 6.37. The highest BCUT2D eigenvalue weighted by Crippen LogP contribution is 2.52. The van der Waals surface area contributed by atoms with Gasteiger partial charge in [0, 0.05) is 22.6 Å². The number of aryl methyl sites for hydroxylation is 3. The number of hydrogen-bond acceptors (Lipinski definition) is 3. The molecular weight excluding hydrogens is 884 g/mol. The number of fused-ring (bicyclic) bond motifs is 1. The Balaban J connectivity index is 1.53. The fourth-order valence-corrected chi connectivity index (χ4v) is 10.1. The summed E-state index contributed by atoms with van der Waals surface area (Å²) in [6, 6.07) is 51.7. The molecule has 7 aromatic carbocycles. The van der Waals surface area contributed by atoms with Crippen LogP contribution in [0.15, 0.2) is 140 Å². The van der Waals surface area contributed by atoms with Gasteiger partial charge in [0.15, 0.2) is 0 Å². The molecule has 368 valence electrons. The van der Waals surface area contributed by atoms with Gasteiger partial charge in [0.25, 0.3) is 0 Å². The summed E-state index contributed by atoms with van der Waals surface area (Å²) < 4.78 is 2.38. The zero-order chi connectivity index (χ0) is 51.7. The molecule has 0 aliphatic rings. The lowest BCUT2D eigenvalue weighted by molar-refractivity contribution is 0.568. The second-order valence-corrected chi connectivity index (χ2v) is 25.5. The Morgan fingerprint density at radius 2 is 0.845 bits per heavy atom. The molecule has 5 heteroatoms. The Kier molecular flexibility index (Phi) is 13.4. The van der Waals surface area contributed by atoms with E-state index < -0.39 is 0 Å². The number of aromatic nitrogens is 2. The molecule has 8 rings (SSSR count). The van der Waals surface area contributed by atoms with E-state index in [4.69, 9.17) is 16.6 Å². The highest BCUT2D eigenvalue weighted by atomic mass is 35.5. The Labute approximate surface area is 431 Å². The highest BCUT2D eigenvalue weighted by Gasteiger charge is 2.32. The van der Waals surface area contributed by atoms with Crippen LogP contribution in [0.5, 0.6) is 0 Å². The second-order valence-electron chi connectivity index (χ2n) is 25.1. The monoisotopic (exact) mass is 961 g/mol. The van der Waals surface area contributed by atoms with Crippen LogP contribution < -0.4 is 9.80 Å². The molecule has 0 N–H and O–H groups in total. The van der Waals surface area contributed by atoms with Gasteiger partial charge in [0.1, 0.15) is 11.3 Å². The van der Waals surface area contributed by atoms with E-state index in [1.165, 1.54) is 38.9 Å². The molecule has 0 radical (unpaired) electrons. The third-order valence-corrected chi connectivity index (χ3v) is 14.5. The first-order valence-corrected chi connectivity index (χ1v) is 25.9. The molecule has 8 aromatic rings. The van der Waals surface area contributed by atoms with Gasteiger partial charge in [0.2, 0.25) is 0 Å². The Bertz CT molecular complexity index is 3120. The number of rotatable bonds is 8. The van der Waals surface area contributed by atoms with Gasteiger partial charge in [-0.15, -0.1) is 0 Å². The van der Waals surface area contributed by atoms with E-state index in [1.54, 1.807) is 0 Å². The van der Waals surface area contributed by atoms with Crippen LogP contribution in [0.1, 0.15) is 148 Å². The van der Waals surface area contributed by atoms with E-state index in [-0.39, 0.29) is 27.1 Å². The summed E-state index contributed by atoms with van der Waals surface area (Å²) in [4.78, 5) is 10.5. The maximum absolute atomic E-state index is 8.31. The number of nitrogens with zero attached hydrogens (tertiary/aromatic N) is 4. The Morgan fingerprint density at radius 3 is 1.30 bits per heavy atom. The molecule has 0 spiro atoms. The van der Waals surface area contributed by atoms with Crippen LogP contribution in [0.4, 0.5) is 34.1 Å². The number of imidazole rings is 1. The SMILES string of the molecule is Cc1cc(C)c(-n2c(-c3ccccc3)nc3c(N(c4cc(C(C)(C)C)cc(C(C)(C)C)c4)c4cc(C(C)(C)C)cc(N(c5ccc(C(C)(C)C)cc5)c5ccc(C(C)(C)C)cc5)c4Cl)cccc32)c(C)c1. The van der Waals surface area contributed by atoms with Crippen LogP contribution in [0.2, 0.25) is 5.02 Å². The minimum absolute atomic E-state index is 0.00604. The number of halogens is 1. The fourth-order valence-electron chi connectivity index (χ4n) is 9.81. The zero-order valence-electron chi connectivity index (χ0n) is 45.9. The summed E-state index contributed by atoms with van der Waals surface area (Å²) in [6.45, 7) is 41.0. The molecule has 0 bridgehead atoms. The van der Waals surface area contributed by atoms with Gasteiger partial charge >= 0.3 is 0 Å². The van der Waals surface area contributed by atoms with Crippen molar-refractivity contribution in [2.45, 2.75) is 152 Å². The van der Waals surface area contributed by atoms with Crippen molar-refractivity contribution in [3.8, 4) is 17.1 Å². The van der Waals surface area contributed by atoms with Crippen molar-refractivity contribution in [2.75, 3.05) is 9.80 Å². The van der Waals surface area contributed by atoms with Crippen molar-refractivity contribution in [1.82, 2.24) is 9.55 Å². The van der Waals surface area contributed by atoms with Gasteiger partial charge in [-0.25, -0.2) is 4.98 Å². The lowest BCUT2D eigenvalue weighted by Crippen LogP contribution is -2.21. The van der Waals surface area contributed by atoms with Gasteiger partial charge < -0.3 is 9.80 Å². The maximum Gasteiger partial charge on any atom is 0.145 e. The number of benzene rings is 7. The fraction of sp³-hybridized carbons (Fsp3) is 0.348. The van der Waals surface area contributed by atoms with Crippen LogP contribution in [0.25, 0.3) is 28.1 Å². The van der Waals surface area contributed by atoms with Crippen molar-refractivity contribution in [3.05, 3.63) is 189 Å². The molecule has 71 heavy (non-hydrogen) atoms. The zero-order valence-corrected chi connectivity index (χ0v) is 46.7. The Hall–Kier alpha value is -6.10. The van der Waals surface area contributed by atoms with Crippen molar-refractivity contribution >= 4 is 56.8 Å². The summed E-state index contributed by atoms with van der Waals surface area (Å²) in [5.74, 6) is 0.890. The minimum atomic E-state index is -0.254. The first kappa shape index (κ1) is 51.3. The number of para-hydroxylation sites is 1. The first-order valence-electron chi connectivity index (χ1n) is 25.5. The summed E-state index contributed by atoms with van der Waals surface area (Å²) in [5, 5.41) is 0.640. The van der Waals surface area contributed by atoms with Crippen molar-refractivity contribution < 1.29 is 0 Å². The van der Waals surface area contributed by atoms with Crippen LogP contribution in [0.3, 0.4) is 0 Å². The number of anilines is 6. The summed E-state index contributed by atoms with van der Waals surface area (Å²) in [6.07, 6.45) is 0. The third kappa shape index (κ3) is 10.3. The number of hydrogen-bond donors (Lipinski definition) is 0. The predicted octanol–water partition coefficient (Wildman–Crippen LogP) is 19.7. The molecule has 1 aromatic heterocycles. The summed E-state index contributed by atoms with van der Waals surface area (Å²) >= 11 is 8.31. The van der Waals surface area contributed by atoms with Crippen LogP contribution in [-0.4, -0.2) is 9.55 Å². The maximum atomic E-state index is 8.31. The van der Waals surface area contributed by atoms with Gasteiger partial charge in [0.05, 0.1) is 33.3 Å². The first-order chi connectivity index (χ1) is 33.0. The van der Waals surface area contributed by atoms with E-state index in [9.17, 15) is 0 Å². The second kappa shape index (κ2) is 18.5. The van der Waals surface area contributed by atoms with Crippen molar-refractivity contribution in [1.29, 1.82) is 0 Å². The largest absolute Gasteiger partial charge is 0.309 e. The molecule has 0 aliphatic carbocycles. The lowest BCUT2D eigenvalue weighted by atomic mass is 9.80. The van der Waals surface area contributed by atoms with E-state index in [1.807, 2.05) is 0 Å². The summed E-state index contributed by atoms with van der Waals surface area (Å²) in [7, 11) is 0. The third-order valence-electron chi connectivity index (χ3n) is 14.1. The molecular formula is C66H77ClN4. The molecule has 0 saturated heterocycles.